The van der Waals surface area contributed by atoms with Crippen LogP contribution in [0.5, 0.6) is 5.75 Å². The molecular weight excluding hydrogens is 328 g/mol. The van der Waals surface area contributed by atoms with E-state index < -0.39 is 0 Å². The molecule has 1 N–H and O–H groups in total. The standard InChI is InChI=1S/C18H17ClN2O3/c1-21-15-8-13(5-6-16(15)24-11-18(21)23)10-20-17(22)9-12-3-2-4-14(19)7-12/h2-8H,9-11H2,1H3,(H,20,22). The molecule has 0 bridgehead atoms. The number of rotatable bonds is 4. The first-order valence-electron chi connectivity index (χ1n) is 7.56. The number of anilines is 1. The van der Waals surface area contributed by atoms with Gasteiger partial charge in [0, 0.05) is 18.6 Å². The molecule has 0 aliphatic carbocycles. The normalized spacial score (nSPS) is 13.2. The molecule has 0 spiro atoms. The molecular formula is C18H17ClN2O3. The zero-order valence-corrected chi connectivity index (χ0v) is 14.0. The van der Waals surface area contributed by atoms with Crippen molar-refractivity contribution in [3.63, 3.8) is 0 Å². The summed E-state index contributed by atoms with van der Waals surface area (Å²) in [5, 5.41) is 3.49. The number of nitrogens with one attached hydrogen (secondary N) is 1. The lowest BCUT2D eigenvalue weighted by Gasteiger charge is -2.26. The Morgan fingerprint density at radius 3 is 2.88 bits per heavy atom. The van der Waals surface area contributed by atoms with Crippen LogP contribution in [0.3, 0.4) is 0 Å². The molecule has 1 aliphatic heterocycles. The average molecular weight is 345 g/mol. The Bertz CT molecular complexity index is 792. The van der Waals surface area contributed by atoms with Gasteiger partial charge in [-0.25, -0.2) is 0 Å². The van der Waals surface area contributed by atoms with Crippen molar-refractivity contribution in [2.45, 2.75) is 13.0 Å². The fourth-order valence-electron chi connectivity index (χ4n) is 2.52. The lowest BCUT2D eigenvalue weighted by molar-refractivity contribution is -0.121. The summed E-state index contributed by atoms with van der Waals surface area (Å²) in [5.41, 5.74) is 2.48. The number of hydrogen-bond donors (Lipinski definition) is 1. The lowest BCUT2D eigenvalue weighted by atomic mass is 10.1. The lowest BCUT2D eigenvalue weighted by Crippen LogP contribution is -2.35. The summed E-state index contributed by atoms with van der Waals surface area (Å²) in [7, 11) is 1.71. The molecule has 0 radical (unpaired) electrons. The van der Waals surface area contributed by atoms with Gasteiger partial charge in [0.05, 0.1) is 12.1 Å². The Kier molecular flexibility index (Phi) is 4.71. The topological polar surface area (TPSA) is 58.6 Å². The Morgan fingerprint density at radius 1 is 1.25 bits per heavy atom. The highest BCUT2D eigenvalue weighted by atomic mass is 35.5. The van der Waals surface area contributed by atoms with Gasteiger partial charge in [0.2, 0.25) is 5.91 Å². The molecule has 1 heterocycles. The smallest absolute Gasteiger partial charge is 0.264 e. The van der Waals surface area contributed by atoms with Gasteiger partial charge in [0.1, 0.15) is 5.75 Å². The minimum Gasteiger partial charge on any atom is -0.482 e. The second kappa shape index (κ2) is 6.93. The summed E-state index contributed by atoms with van der Waals surface area (Å²) in [4.78, 5) is 25.3. The first-order chi connectivity index (χ1) is 11.5. The van der Waals surface area contributed by atoms with Gasteiger partial charge in [-0.1, -0.05) is 29.8 Å². The Morgan fingerprint density at radius 2 is 2.08 bits per heavy atom. The van der Waals surface area contributed by atoms with Gasteiger partial charge in [-0.05, 0) is 35.4 Å². The van der Waals surface area contributed by atoms with E-state index >= 15 is 0 Å². The van der Waals surface area contributed by atoms with Crippen molar-refractivity contribution in [1.29, 1.82) is 0 Å². The number of amides is 2. The fourth-order valence-corrected chi connectivity index (χ4v) is 2.74. The molecule has 0 aromatic heterocycles. The maximum atomic E-state index is 12.1. The van der Waals surface area contributed by atoms with Crippen molar-refractivity contribution in [1.82, 2.24) is 5.32 Å². The van der Waals surface area contributed by atoms with Crippen LogP contribution in [0, 0.1) is 0 Å². The van der Waals surface area contributed by atoms with Crippen LogP contribution in [0.2, 0.25) is 5.02 Å². The molecule has 0 atom stereocenters. The van der Waals surface area contributed by atoms with E-state index in [0.717, 1.165) is 11.1 Å². The molecule has 24 heavy (non-hydrogen) atoms. The molecule has 1 aliphatic rings. The van der Waals surface area contributed by atoms with Crippen molar-refractivity contribution in [3.05, 3.63) is 58.6 Å². The summed E-state index contributed by atoms with van der Waals surface area (Å²) in [6.45, 7) is 0.438. The van der Waals surface area contributed by atoms with Crippen LogP contribution in [0.4, 0.5) is 5.69 Å². The van der Waals surface area contributed by atoms with E-state index in [0.29, 0.717) is 23.0 Å². The highest BCUT2D eigenvalue weighted by molar-refractivity contribution is 6.30. The maximum absolute atomic E-state index is 12.1. The Hall–Kier alpha value is -2.53. The molecule has 2 amide bonds. The van der Waals surface area contributed by atoms with Gasteiger partial charge in [-0.2, -0.15) is 0 Å². The molecule has 6 heteroatoms. The van der Waals surface area contributed by atoms with E-state index in [2.05, 4.69) is 5.32 Å². The molecule has 3 rings (SSSR count). The number of halogens is 1. The quantitative estimate of drug-likeness (QED) is 0.927. The molecule has 0 fully saturated rings. The summed E-state index contributed by atoms with van der Waals surface area (Å²) in [5.74, 6) is 0.492. The van der Waals surface area contributed by atoms with Gasteiger partial charge in [-0.3, -0.25) is 9.59 Å². The van der Waals surface area contributed by atoms with E-state index in [-0.39, 0.29) is 24.8 Å². The van der Waals surface area contributed by atoms with Crippen molar-refractivity contribution in [2.24, 2.45) is 0 Å². The number of carbonyl (C=O) groups excluding carboxylic acids is 2. The van der Waals surface area contributed by atoms with Gasteiger partial charge < -0.3 is 15.0 Å². The third-order valence-corrected chi connectivity index (χ3v) is 4.09. The van der Waals surface area contributed by atoms with Crippen molar-refractivity contribution in [2.75, 3.05) is 18.6 Å². The van der Waals surface area contributed by atoms with Crippen LogP contribution < -0.4 is 15.0 Å². The third-order valence-electron chi connectivity index (χ3n) is 3.85. The molecule has 5 nitrogen and oxygen atoms in total. The number of ether oxygens (including phenoxy) is 1. The first kappa shape index (κ1) is 16.3. The maximum Gasteiger partial charge on any atom is 0.264 e. The van der Waals surface area contributed by atoms with Crippen LogP contribution in [-0.2, 0) is 22.6 Å². The Balaban J connectivity index is 1.62. The van der Waals surface area contributed by atoms with Crippen molar-refractivity contribution in [3.8, 4) is 5.75 Å². The van der Waals surface area contributed by atoms with E-state index in [1.165, 1.54) is 0 Å². The Labute approximate surface area is 145 Å². The average Bonchev–Trinajstić information content (AvgIpc) is 2.56. The van der Waals surface area contributed by atoms with Crippen molar-refractivity contribution < 1.29 is 14.3 Å². The molecule has 2 aromatic rings. The van der Waals surface area contributed by atoms with Gasteiger partial charge >= 0.3 is 0 Å². The fraction of sp³-hybridized carbons (Fsp3) is 0.222. The van der Waals surface area contributed by atoms with Crippen LogP contribution >= 0.6 is 11.6 Å². The van der Waals surface area contributed by atoms with Crippen molar-refractivity contribution >= 4 is 29.1 Å². The minimum atomic E-state index is -0.0929. The number of hydrogen-bond acceptors (Lipinski definition) is 3. The SMILES string of the molecule is CN1C(=O)COc2ccc(CNC(=O)Cc3cccc(Cl)c3)cc21. The number of benzene rings is 2. The van der Waals surface area contributed by atoms with E-state index in [9.17, 15) is 9.59 Å². The van der Waals surface area contributed by atoms with Crippen LogP contribution in [0.25, 0.3) is 0 Å². The highest BCUT2D eigenvalue weighted by Gasteiger charge is 2.22. The van der Waals surface area contributed by atoms with Gasteiger partial charge in [0.15, 0.2) is 6.61 Å². The molecule has 124 valence electrons. The summed E-state index contributed by atoms with van der Waals surface area (Å²) in [6, 6.07) is 12.8. The second-order valence-electron chi connectivity index (χ2n) is 5.63. The second-order valence-corrected chi connectivity index (χ2v) is 6.06. The van der Waals surface area contributed by atoms with Crippen LogP contribution in [-0.4, -0.2) is 25.5 Å². The van der Waals surface area contributed by atoms with E-state index in [4.69, 9.17) is 16.3 Å². The predicted molar refractivity (Wildman–Crippen MR) is 92.3 cm³/mol. The summed E-state index contributed by atoms with van der Waals surface area (Å²) >= 11 is 5.92. The van der Waals surface area contributed by atoms with E-state index in [1.54, 1.807) is 24.1 Å². The van der Waals surface area contributed by atoms with Crippen LogP contribution in [0.1, 0.15) is 11.1 Å². The monoisotopic (exact) mass is 344 g/mol. The molecule has 0 unspecified atom stereocenters. The predicted octanol–water partition coefficient (Wildman–Crippen LogP) is 2.55. The highest BCUT2D eigenvalue weighted by Crippen LogP contribution is 2.31. The minimum absolute atomic E-state index is 0.0548. The first-order valence-corrected chi connectivity index (χ1v) is 7.94. The molecule has 2 aromatic carbocycles. The summed E-state index contributed by atoms with van der Waals surface area (Å²) in [6.07, 6.45) is 0.271. The van der Waals surface area contributed by atoms with Gasteiger partial charge in [0.25, 0.3) is 5.91 Å². The number of fused-ring (bicyclic) bond motifs is 1. The summed E-state index contributed by atoms with van der Waals surface area (Å²) < 4.78 is 5.39. The number of carbonyl (C=O) groups is 2. The number of nitrogens with zero attached hydrogens (tertiary/aromatic N) is 1. The molecule has 0 saturated carbocycles. The zero-order valence-electron chi connectivity index (χ0n) is 13.2. The third kappa shape index (κ3) is 3.68. The largest absolute Gasteiger partial charge is 0.482 e. The number of likely N-dealkylation sites (N-methyl/N-ethyl adjacent to an activating group) is 1. The van der Waals surface area contributed by atoms with Crippen LogP contribution in [0.15, 0.2) is 42.5 Å². The zero-order chi connectivity index (χ0) is 17.1. The molecule has 0 saturated heterocycles. The van der Waals surface area contributed by atoms with E-state index in [1.807, 2.05) is 30.3 Å². The van der Waals surface area contributed by atoms with Gasteiger partial charge in [-0.15, -0.1) is 0 Å².